The highest BCUT2D eigenvalue weighted by molar-refractivity contribution is 5.88. The van der Waals surface area contributed by atoms with Crippen molar-refractivity contribution in [3.63, 3.8) is 0 Å². The number of hydrogen-bond donors (Lipinski definition) is 1. The lowest BCUT2D eigenvalue weighted by molar-refractivity contribution is -0.142. The lowest BCUT2D eigenvalue weighted by Gasteiger charge is -2.33. The van der Waals surface area contributed by atoms with Crippen LogP contribution in [0.4, 0.5) is 0 Å². The van der Waals surface area contributed by atoms with Crippen LogP contribution < -0.4 is 5.32 Å². The molecular weight excluding hydrogens is 300 g/mol. The van der Waals surface area contributed by atoms with E-state index in [-0.39, 0.29) is 17.4 Å². The topological polar surface area (TPSA) is 49.4 Å². The van der Waals surface area contributed by atoms with Gasteiger partial charge in [-0.3, -0.25) is 9.59 Å². The van der Waals surface area contributed by atoms with Crippen LogP contribution in [-0.4, -0.2) is 28.3 Å². The van der Waals surface area contributed by atoms with Gasteiger partial charge in [-0.15, -0.1) is 0 Å². The zero-order valence-electron chi connectivity index (χ0n) is 16.0. The van der Waals surface area contributed by atoms with Crippen LogP contribution in [0, 0.1) is 6.92 Å². The molecule has 0 heterocycles. The Morgan fingerprint density at radius 3 is 2.17 bits per heavy atom. The molecule has 0 spiro atoms. The fraction of sp³-hybridized carbons (Fsp3) is 0.600. The molecule has 2 amide bonds. The Labute approximate surface area is 146 Å². The molecule has 1 N–H and O–H groups in total. The van der Waals surface area contributed by atoms with E-state index in [0.29, 0.717) is 19.4 Å². The fourth-order valence-corrected chi connectivity index (χ4v) is 2.62. The summed E-state index contributed by atoms with van der Waals surface area (Å²) in [5.74, 6) is -0.0458. The van der Waals surface area contributed by atoms with Crippen LogP contribution in [0.5, 0.6) is 0 Å². The Morgan fingerprint density at radius 1 is 1.12 bits per heavy atom. The van der Waals surface area contributed by atoms with Crippen LogP contribution in [-0.2, 0) is 16.1 Å². The minimum atomic E-state index is -0.440. The van der Waals surface area contributed by atoms with Gasteiger partial charge in [0, 0.05) is 18.5 Å². The van der Waals surface area contributed by atoms with E-state index in [1.54, 1.807) is 4.90 Å². The summed E-state index contributed by atoms with van der Waals surface area (Å²) in [6.45, 7) is 12.3. The fourth-order valence-electron chi connectivity index (χ4n) is 2.62. The molecule has 4 nitrogen and oxygen atoms in total. The third-order valence-electron chi connectivity index (χ3n) is 3.82. The van der Waals surface area contributed by atoms with Crippen LogP contribution >= 0.6 is 0 Å². The lowest BCUT2D eigenvalue weighted by atomic mass is 10.0. The highest BCUT2D eigenvalue weighted by Gasteiger charge is 2.30. The summed E-state index contributed by atoms with van der Waals surface area (Å²) in [7, 11) is 0. The molecule has 0 aromatic heterocycles. The predicted octanol–water partition coefficient (Wildman–Crippen LogP) is 3.82. The molecule has 1 rings (SSSR count). The van der Waals surface area contributed by atoms with Gasteiger partial charge >= 0.3 is 0 Å². The maximum absolute atomic E-state index is 12.7. The second-order valence-electron chi connectivity index (χ2n) is 7.42. The highest BCUT2D eigenvalue weighted by Crippen LogP contribution is 2.16. The Balaban J connectivity index is 3.03. The molecule has 0 fully saturated rings. The zero-order valence-corrected chi connectivity index (χ0v) is 16.0. The predicted molar refractivity (Wildman–Crippen MR) is 98.6 cm³/mol. The molecule has 24 heavy (non-hydrogen) atoms. The van der Waals surface area contributed by atoms with Crippen LogP contribution in [0.1, 0.15) is 65.0 Å². The summed E-state index contributed by atoms with van der Waals surface area (Å²) in [4.78, 5) is 27.0. The first-order valence-electron chi connectivity index (χ1n) is 8.85. The van der Waals surface area contributed by atoms with Gasteiger partial charge in [0.2, 0.25) is 11.8 Å². The number of carbonyl (C=O) groups is 2. The minimum absolute atomic E-state index is 0.0361. The van der Waals surface area contributed by atoms with E-state index in [2.05, 4.69) is 5.32 Å². The standard InChI is InChI=1S/C20H32N2O2/c1-7-9-18(23)22(14-16-12-10-15(3)11-13-16)17(8-2)19(24)21-20(4,5)6/h10-13,17H,7-9,14H2,1-6H3,(H,21,24). The lowest BCUT2D eigenvalue weighted by Crippen LogP contribution is -2.53. The van der Waals surface area contributed by atoms with Crippen molar-refractivity contribution in [2.45, 2.75) is 78.9 Å². The Kier molecular flexibility index (Phi) is 7.46. The number of rotatable bonds is 7. The number of hydrogen-bond acceptors (Lipinski definition) is 2. The summed E-state index contributed by atoms with van der Waals surface area (Å²) in [6.07, 6.45) is 1.84. The molecule has 0 aliphatic carbocycles. The van der Waals surface area contributed by atoms with Gasteiger partial charge < -0.3 is 10.2 Å². The van der Waals surface area contributed by atoms with Gasteiger partial charge in [-0.1, -0.05) is 43.7 Å². The smallest absolute Gasteiger partial charge is 0.243 e. The second-order valence-corrected chi connectivity index (χ2v) is 7.42. The van der Waals surface area contributed by atoms with Crippen molar-refractivity contribution in [3.8, 4) is 0 Å². The average Bonchev–Trinajstić information content (AvgIpc) is 2.47. The first-order chi connectivity index (χ1) is 11.2. The monoisotopic (exact) mass is 332 g/mol. The van der Waals surface area contributed by atoms with Gasteiger partial charge in [0.05, 0.1) is 0 Å². The summed E-state index contributed by atoms with van der Waals surface area (Å²) in [6, 6.07) is 7.68. The zero-order chi connectivity index (χ0) is 18.3. The van der Waals surface area contributed by atoms with Crippen molar-refractivity contribution in [2.75, 3.05) is 0 Å². The molecule has 4 heteroatoms. The maximum Gasteiger partial charge on any atom is 0.243 e. The Hall–Kier alpha value is -1.84. The number of nitrogens with zero attached hydrogens (tertiary/aromatic N) is 1. The molecule has 1 aromatic rings. The first-order valence-corrected chi connectivity index (χ1v) is 8.85. The van der Waals surface area contributed by atoms with Crippen molar-refractivity contribution in [3.05, 3.63) is 35.4 Å². The Morgan fingerprint density at radius 2 is 1.71 bits per heavy atom. The number of carbonyl (C=O) groups excluding carboxylic acids is 2. The van der Waals surface area contributed by atoms with E-state index in [1.165, 1.54) is 5.56 Å². The van der Waals surface area contributed by atoms with Gasteiger partial charge in [-0.25, -0.2) is 0 Å². The molecule has 0 radical (unpaired) electrons. The quantitative estimate of drug-likeness (QED) is 0.825. The minimum Gasteiger partial charge on any atom is -0.350 e. The largest absolute Gasteiger partial charge is 0.350 e. The first kappa shape index (κ1) is 20.2. The van der Waals surface area contributed by atoms with E-state index in [1.807, 2.05) is 65.8 Å². The molecule has 0 bridgehead atoms. The van der Waals surface area contributed by atoms with Gasteiger partial charge in [-0.2, -0.15) is 0 Å². The summed E-state index contributed by atoms with van der Waals surface area (Å²) >= 11 is 0. The van der Waals surface area contributed by atoms with Crippen molar-refractivity contribution >= 4 is 11.8 Å². The molecule has 0 aliphatic heterocycles. The third kappa shape index (κ3) is 6.34. The number of amides is 2. The van der Waals surface area contributed by atoms with Crippen molar-refractivity contribution < 1.29 is 9.59 Å². The van der Waals surface area contributed by atoms with E-state index >= 15 is 0 Å². The van der Waals surface area contributed by atoms with E-state index in [4.69, 9.17) is 0 Å². The van der Waals surface area contributed by atoms with Crippen molar-refractivity contribution in [1.29, 1.82) is 0 Å². The van der Waals surface area contributed by atoms with Gasteiger partial charge in [0.25, 0.3) is 0 Å². The third-order valence-corrected chi connectivity index (χ3v) is 3.82. The number of benzene rings is 1. The van der Waals surface area contributed by atoms with Gasteiger partial charge in [-0.05, 0) is 46.1 Å². The van der Waals surface area contributed by atoms with Gasteiger partial charge in [0.15, 0.2) is 0 Å². The molecular formula is C20H32N2O2. The van der Waals surface area contributed by atoms with E-state index in [0.717, 1.165) is 12.0 Å². The molecule has 0 aliphatic rings. The Bertz CT molecular complexity index is 544. The second kappa shape index (κ2) is 8.86. The average molecular weight is 332 g/mol. The number of aryl methyl sites for hydroxylation is 1. The molecule has 1 aromatic carbocycles. The molecule has 0 saturated carbocycles. The SMILES string of the molecule is CCCC(=O)N(Cc1ccc(C)cc1)C(CC)C(=O)NC(C)(C)C. The highest BCUT2D eigenvalue weighted by atomic mass is 16.2. The molecule has 1 unspecified atom stereocenters. The van der Waals surface area contributed by atoms with E-state index in [9.17, 15) is 9.59 Å². The van der Waals surface area contributed by atoms with Gasteiger partial charge in [0.1, 0.15) is 6.04 Å². The van der Waals surface area contributed by atoms with Crippen LogP contribution in [0.3, 0.4) is 0 Å². The maximum atomic E-state index is 12.7. The summed E-state index contributed by atoms with van der Waals surface area (Å²) < 4.78 is 0. The van der Waals surface area contributed by atoms with Crippen LogP contribution in [0.25, 0.3) is 0 Å². The van der Waals surface area contributed by atoms with Crippen molar-refractivity contribution in [2.24, 2.45) is 0 Å². The van der Waals surface area contributed by atoms with Crippen LogP contribution in [0.15, 0.2) is 24.3 Å². The normalized spacial score (nSPS) is 12.6. The molecule has 1 atom stereocenters. The summed E-state index contributed by atoms with van der Waals surface area (Å²) in [5.41, 5.74) is 1.92. The molecule has 0 saturated heterocycles. The number of nitrogens with one attached hydrogen (secondary N) is 1. The molecule has 134 valence electrons. The van der Waals surface area contributed by atoms with Crippen LogP contribution in [0.2, 0.25) is 0 Å². The van der Waals surface area contributed by atoms with Crippen molar-refractivity contribution in [1.82, 2.24) is 10.2 Å². The summed E-state index contributed by atoms with van der Waals surface area (Å²) in [5, 5.41) is 3.01. The van der Waals surface area contributed by atoms with E-state index < -0.39 is 6.04 Å².